The van der Waals surface area contributed by atoms with E-state index in [1.54, 1.807) is 7.11 Å². The first-order valence-corrected chi connectivity index (χ1v) is 4.52. The van der Waals surface area contributed by atoms with Crippen LogP contribution >= 0.6 is 0 Å². The third-order valence-electron chi connectivity index (χ3n) is 2.17. The Morgan fingerprint density at radius 2 is 2.23 bits per heavy atom. The molecule has 0 bridgehead atoms. The monoisotopic (exact) mass is 176 g/mol. The van der Waals surface area contributed by atoms with E-state index in [0.29, 0.717) is 0 Å². The Balaban J connectivity index is 2.78. The van der Waals surface area contributed by atoms with Gasteiger partial charge in [0.1, 0.15) is 5.75 Å². The van der Waals surface area contributed by atoms with Crippen LogP contribution < -0.4 is 4.74 Å². The van der Waals surface area contributed by atoms with Crippen LogP contribution in [-0.2, 0) is 6.42 Å². The lowest BCUT2D eigenvalue weighted by atomic mass is 10.0. The van der Waals surface area contributed by atoms with Gasteiger partial charge in [-0.1, -0.05) is 12.1 Å². The zero-order chi connectivity index (χ0) is 9.68. The minimum Gasteiger partial charge on any atom is -0.497 e. The average Bonchev–Trinajstić information content (AvgIpc) is 2.16. The summed E-state index contributed by atoms with van der Waals surface area (Å²) in [7, 11) is 1.69. The fraction of sp³-hybridized carbons (Fsp3) is 0.333. The molecule has 0 N–H and O–H groups in total. The van der Waals surface area contributed by atoms with Gasteiger partial charge in [0, 0.05) is 0 Å². The van der Waals surface area contributed by atoms with E-state index in [9.17, 15) is 0 Å². The first-order valence-electron chi connectivity index (χ1n) is 4.52. The van der Waals surface area contributed by atoms with E-state index >= 15 is 0 Å². The molecule has 1 aromatic rings. The standard InChI is InChI=1S/C12H16O/c1-4-5-6-11-7-8-12(13-3)9-10(11)2/h4,7-9H,1,5-6H2,2-3H3. The molecule has 0 spiro atoms. The maximum absolute atomic E-state index is 5.13. The Kier molecular flexibility index (Phi) is 3.56. The number of aryl methyl sites for hydroxylation is 2. The van der Waals surface area contributed by atoms with Gasteiger partial charge in [0.05, 0.1) is 7.11 Å². The van der Waals surface area contributed by atoms with Gasteiger partial charge in [-0.2, -0.15) is 0 Å². The molecule has 0 saturated heterocycles. The molecule has 0 atom stereocenters. The van der Waals surface area contributed by atoms with Crippen molar-refractivity contribution >= 4 is 0 Å². The average molecular weight is 176 g/mol. The molecule has 1 heteroatoms. The molecule has 0 fully saturated rings. The summed E-state index contributed by atoms with van der Waals surface area (Å²) in [4.78, 5) is 0. The van der Waals surface area contributed by atoms with E-state index in [-0.39, 0.29) is 0 Å². The van der Waals surface area contributed by atoms with Gasteiger partial charge in [-0.25, -0.2) is 0 Å². The van der Waals surface area contributed by atoms with Gasteiger partial charge in [0.15, 0.2) is 0 Å². The lowest BCUT2D eigenvalue weighted by Crippen LogP contribution is -1.90. The van der Waals surface area contributed by atoms with E-state index in [2.05, 4.69) is 25.6 Å². The van der Waals surface area contributed by atoms with Crippen LogP contribution in [0.4, 0.5) is 0 Å². The summed E-state index contributed by atoms with van der Waals surface area (Å²) in [5.41, 5.74) is 2.67. The van der Waals surface area contributed by atoms with Crippen LogP contribution in [0.1, 0.15) is 17.5 Å². The number of methoxy groups -OCH3 is 1. The van der Waals surface area contributed by atoms with Crippen molar-refractivity contribution in [3.05, 3.63) is 42.0 Å². The highest BCUT2D eigenvalue weighted by atomic mass is 16.5. The number of hydrogen-bond acceptors (Lipinski definition) is 1. The van der Waals surface area contributed by atoms with Crippen LogP contribution in [0, 0.1) is 6.92 Å². The molecule has 70 valence electrons. The number of rotatable bonds is 4. The minimum absolute atomic E-state index is 0.930. The number of allylic oxidation sites excluding steroid dienone is 1. The quantitative estimate of drug-likeness (QED) is 0.640. The maximum Gasteiger partial charge on any atom is 0.119 e. The summed E-state index contributed by atoms with van der Waals surface area (Å²) in [5, 5.41) is 0. The van der Waals surface area contributed by atoms with Gasteiger partial charge in [-0.05, 0) is 43.0 Å². The van der Waals surface area contributed by atoms with Gasteiger partial charge in [0.2, 0.25) is 0 Å². The van der Waals surface area contributed by atoms with Crippen molar-refractivity contribution in [3.8, 4) is 5.75 Å². The first kappa shape index (κ1) is 9.85. The molecule has 13 heavy (non-hydrogen) atoms. The second-order valence-electron chi connectivity index (χ2n) is 3.12. The summed E-state index contributed by atoms with van der Waals surface area (Å²) in [6.45, 7) is 5.83. The fourth-order valence-corrected chi connectivity index (χ4v) is 1.33. The Bertz CT molecular complexity index is 289. The van der Waals surface area contributed by atoms with Crippen LogP contribution in [-0.4, -0.2) is 7.11 Å². The summed E-state index contributed by atoms with van der Waals surface area (Å²) in [5.74, 6) is 0.930. The Morgan fingerprint density at radius 1 is 1.46 bits per heavy atom. The topological polar surface area (TPSA) is 9.23 Å². The van der Waals surface area contributed by atoms with Crippen molar-refractivity contribution in [2.45, 2.75) is 19.8 Å². The number of benzene rings is 1. The second-order valence-corrected chi connectivity index (χ2v) is 3.12. The molecular weight excluding hydrogens is 160 g/mol. The van der Waals surface area contributed by atoms with E-state index in [1.807, 2.05) is 12.1 Å². The zero-order valence-corrected chi connectivity index (χ0v) is 8.34. The normalized spacial score (nSPS) is 9.69. The third-order valence-corrected chi connectivity index (χ3v) is 2.17. The highest BCUT2D eigenvalue weighted by Gasteiger charge is 1.98. The Hall–Kier alpha value is -1.24. The molecule has 1 nitrogen and oxygen atoms in total. The summed E-state index contributed by atoms with van der Waals surface area (Å²) >= 11 is 0. The van der Waals surface area contributed by atoms with Crippen LogP contribution in [0.2, 0.25) is 0 Å². The minimum atomic E-state index is 0.930. The summed E-state index contributed by atoms with van der Waals surface area (Å²) in [6.07, 6.45) is 4.05. The van der Waals surface area contributed by atoms with Crippen LogP contribution in [0.25, 0.3) is 0 Å². The van der Waals surface area contributed by atoms with E-state index in [1.165, 1.54) is 11.1 Å². The zero-order valence-electron chi connectivity index (χ0n) is 8.34. The van der Waals surface area contributed by atoms with Gasteiger partial charge in [0.25, 0.3) is 0 Å². The molecule has 0 aliphatic carbocycles. The van der Waals surface area contributed by atoms with Crippen LogP contribution in [0.5, 0.6) is 5.75 Å². The van der Waals surface area contributed by atoms with Crippen LogP contribution in [0.15, 0.2) is 30.9 Å². The number of hydrogen-bond donors (Lipinski definition) is 0. The molecule has 1 rings (SSSR count). The largest absolute Gasteiger partial charge is 0.497 e. The lowest BCUT2D eigenvalue weighted by Gasteiger charge is -2.06. The molecule has 0 saturated carbocycles. The van der Waals surface area contributed by atoms with Crippen molar-refractivity contribution in [3.63, 3.8) is 0 Å². The predicted octanol–water partition coefficient (Wildman–Crippen LogP) is 3.12. The van der Waals surface area contributed by atoms with Crippen molar-refractivity contribution in [2.24, 2.45) is 0 Å². The molecule has 0 amide bonds. The molecule has 0 radical (unpaired) electrons. The Morgan fingerprint density at radius 3 is 2.77 bits per heavy atom. The highest BCUT2D eigenvalue weighted by molar-refractivity contribution is 5.34. The molecule has 0 heterocycles. The van der Waals surface area contributed by atoms with Gasteiger partial charge >= 0.3 is 0 Å². The number of ether oxygens (including phenoxy) is 1. The van der Waals surface area contributed by atoms with E-state index in [0.717, 1.165) is 18.6 Å². The van der Waals surface area contributed by atoms with Crippen molar-refractivity contribution < 1.29 is 4.74 Å². The smallest absolute Gasteiger partial charge is 0.119 e. The van der Waals surface area contributed by atoms with Gasteiger partial charge in [-0.15, -0.1) is 6.58 Å². The molecule has 0 aliphatic heterocycles. The molecule has 0 aromatic heterocycles. The van der Waals surface area contributed by atoms with Crippen molar-refractivity contribution in [1.82, 2.24) is 0 Å². The second kappa shape index (κ2) is 4.70. The van der Waals surface area contributed by atoms with Gasteiger partial charge in [-0.3, -0.25) is 0 Å². The molecular formula is C12H16O. The van der Waals surface area contributed by atoms with E-state index < -0.39 is 0 Å². The SMILES string of the molecule is C=CCCc1ccc(OC)cc1C. The molecule has 0 aliphatic rings. The summed E-state index contributed by atoms with van der Waals surface area (Å²) in [6, 6.07) is 6.20. The third kappa shape index (κ3) is 2.62. The predicted molar refractivity (Wildman–Crippen MR) is 56.2 cm³/mol. The summed E-state index contributed by atoms with van der Waals surface area (Å²) < 4.78 is 5.13. The Labute approximate surface area is 80.0 Å². The molecule has 0 unspecified atom stereocenters. The van der Waals surface area contributed by atoms with Gasteiger partial charge < -0.3 is 4.74 Å². The van der Waals surface area contributed by atoms with E-state index in [4.69, 9.17) is 4.74 Å². The maximum atomic E-state index is 5.13. The van der Waals surface area contributed by atoms with Crippen molar-refractivity contribution in [2.75, 3.05) is 7.11 Å². The first-order chi connectivity index (χ1) is 6.27. The molecule has 1 aromatic carbocycles. The highest BCUT2D eigenvalue weighted by Crippen LogP contribution is 2.17. The lowest BCUT2D eigenvalue weighted by molar-refractivity contribution is 0.414. The fourth-order valence-electron chi connectivity index (χ4n) is 1.33. The van der Waals surface area contributed by atoms with Crippen LogP contribution in [0.3, 0.4) is 0 Å². The van der Waals surface area contributed by atoms with Crippen molar-refractivity contribution in [1.29, 1.82) is 0 Å².